The molecule has 2 rings (SSSR count). The first kappa shape index (κ1) is 12.3. The van der Waals surface area contributed by atoms with E-state index < -0.39 is 0 Å². The van der Waals surface area contributed by atoms with E-state index >= 15 is 0 Å². The lowest BCUT2D eigenvalue weighted by molar-refractivity contribution is 0.126. The number of nitrogens with two attached hydrogens (primary N) is 1. The third-order valence-corrected chi connectivity index (χ3v) is 3.22. The van der Waals surface area contributed by atoms with Crippen LogP contribution in [0.1, 0.15) is 19.0 Å². The summed E-state index contributed by atoms with van der Waals surface area (Å²) in [6, 6.07) is 5.86. The van der Waals surface area contributed by atoms with Crippen molar-refractivity contribution in [2.24, 2.45) is 0 Å². The van der Waals surface area contributed by atoms with E-state index in [0.717, 1.165) is 25.3 Å². The van der Waals surface area contributed by atoms with E-state index in [1.54, 1.807) is 0 Å². The molecule has 2 N–H and O–H groups in total. The van der Waals surface area contributed by atoms with Crippen molar-refractivity contribution in [1.82, 2.24) is 14.8 Å². The fraction of sp³-hybridized carbons (Fsp3) is 0.615. The van der Waals surface area contributed by atoms with Gasteiger partial charge in [-0.25, -0.2) is 4.98 Å². The highest BCUT2D eigenvalue weighted by Gasteiger charge is 2.16. The molecule has 94 valence electrons. The normalized spacial score (nSPS) is 18.4. The average molecular weight is 234 g/mol. The van der Waals surface area contributed by atoms with Gasteiger partial charge < -0.3 is 10.6 Å². The minimum atomic E-state index is 0.618. The van der Waals surface area contributed by atoms with Gasteiger partial charge in [-0.2, -0.15) is 0 Å². The Morgan fingerprint density at radius 1 is 1.18 bits per heavy atom. The topological polar surface area (TPSA) is 45.4 Å². The largest absolute Gasteiger partial charge is 0.384 e. The molecule has 0 aliphatic carbocycles. The molecule has 0 amide bonds. The summed E-state index contributed by atoms with van der Waals surface area (Å²) in [7, 11) is 0. The van der Waals surface area contributed by atoms with E-state index in [1.165, 1.54) is 26.1 Å². The van der Waals surface area contributed by atoms with Crippen LogP contribution in [0.3, 0.4) is 0 Å². The second kappa shape index (κ2) is 5.98. The summed E-state index contributed by atoms with van der Waals surface area (Å²) in [5.74, 6) is 0.618. The van der Waals surface area contributed by atoms with Crippen LogP contribution in [0.4, 0.5) is 5.82 Å². The van der Waals surface area contributed by atoms with Crippen LogP contribution >= 0.6 is 0 Å². The predicted octanol–water partition coefficient (Wildman–Crippen LogP) is 1.19. The van der Waals surface area contributed by atoms with Crippen LogP contribution in [0.5, 0.6) is 0 Å². The molecule has 0 spiro atoms. The smallest absolute Gasteiger partial charge is 0.123 e. The number of pyridine rings is 1. The van der Waals surface area contributed by atoms with Crippen LogP contribution in [-0.4, -0.2) is 47.5 Å². The highest BCUT2D eigenvalue weighted by Crippen LogP contribution is 2.08. The number of piperazine rings is 1. The third-order valence-electron chi connectivity index (χ3n) is 3.22. The Hall–Kier alpha value is -1.13. The van der Waals surface area contributed by atoms with Gasteiger partial charge in [0.1, 0.15) is 5.82 Å². The number of hydrogen-bond donors (Lipinski definition) is 1. The predicted molar refractivity (Wildman–Crippen MR) is 70.7 cm³/mol. The molecule has 4 nitrogen and oxygen atoms in total. The van der Waals surface area contributed by atoms with Gasteiger partial charge in [-0.05, 0) is 25.1 Å². The van der Waals surface area contributed by atoms with Crippen molar-refractivity contribution in [2.75, 3.05) is 38.5 Å². The molecule has 1 aliphatic heterocycles. The van der Waals surface area contributed by atoms with Gasteiger partial charge in [-0.1, -0.05) is 13.0 Å². The maximum Gasteiger partial charge on any atom is 0.123 e. The lowest BCUT2D eigenvalue weighted by Crippen LogP contribution is -2.46. The number of nitrogen functional groups attached to an aromatic ring is 1. The summed E-state index contributed by atoms with van der Waals surface area (Å²) in [6.07, 6.45) is 1.25. The molecule has 0 bridgehead atoms. The first-order valence-electron chi connectivity index (χ1n) is 6.44. The average Bonchev–Trinajstić information content (AvgIpc) is 2.32. The van der Waals surface area contributed by atoms with Crippen LogP contribution in [0.2, 0.25) is 0 Å². The van der Waals surface area contributed by atoms with Crippen molar-refractivity contribution in [3.63, 3.8) is 0 Å². The summed E-state index contributed by atoms with van der Waals surface area (Å²) in [5.41, 5.74) is 6.77. The molecule has 2 heterocycles. The van der Waals surface area contributed by atoms with Gasteiger partial charge >= 0.3 is 0 Å². The quantitative estimate of drug-likeness (QED) is 0.850. The number of nitrogens with zero attached hydrogens (tertiary/aromatic N) is 3. The second-order valence-corrected chi connectivity index (χ2v) is 4.67. The molecule has 1 saturated heterocycles. The van der Waals surface area contributed by atoms with Gasteiger partial charge in [0.15, 0.2) is 0 Å². The molecule has 1 aromatic heterocycles. The number of rotatable bonds is 4. The standard InChI is InChI=1S/C13H22N4/c1-2-6-16-7-9-17(10-8-16)11-12-4-3-5-13(14)15-12/h3-5H,2,6-11H2,1H3,(H2,14,15). The fourth-order valence-corrected chi connectivity index (χ4v) is 2.30. The van der Waals surface area contributed by atoms with Crippen LogP contribution in [0.15, 0.2) is 18.2 Å². The van der Waals surface area contributed by atoms with Gasteiger partial charge in [-0.3, -0.25) is 4.90 Å². The molecule has 0 unspecified atom stereocenters. The molecule has 0 atom stereocenters. The number of aromatic nitrogens is 1. The summed E-state index contributed by atoms with van der Waals surface area (Å²) in [4.78, 5) is 9.33. The molecule has 0 radical (unpaired) electrons. The highest BCUT2D eigenvalue weighted by molar-refractivity contribution is 5.28. The molecular weight excluding hydrogens is 212 g/mol. The van der Waals surface area contributed by atoms with Crippen molar-refractivity contribution in [2.45, 2.75) is 19.9 Å². The molecule has 17 heavy (non-hydrogen) atoms. The van der Waals surface area contributed by atoms with Gasteiger partial charge in [0, 0.05) is 32.7 Å². The summed E-state index contributed by atoms with van der Waals surface area (Å²) in [6.45, 7) is 9.01. The summed E-state index contributed by atoms with van der Waals surface area (Å²) >= 11 is 0. The van der Waals surface area contributed by atoms with Crippen LogP contribution in [-0.2, 0) is 6.54 Å². The van der Waals surface area contributed by atoms with E-state index in [4.69, 9.17) is 5.73 Å². The molecule has 1 aromatic rings. The van der Waals surface area contributed by atoms with Crippen molar-refractivity contribution in [3.8, 4) is 0 Å². The third kappa shape index (κ3) is 3.68. The van der Waals surface area contributed by atoms with Gasteiger partial charge in [0.25, 0.3) is 0 Å². The van der Waals surface area contributed by atoms with Crippen LogP contribution in [0, 0.1) is 0 Å². The van der Waals surface area contributed by atoms with E-state index in [-0.39, 0.29) is 0 Å². The maximum atomic E-state index is 5.69. The molecular formula is C13H22N4. The van der Waals surface area contributed by atoms with Gasteiger partial charge in [0.05, 0.1) is 5.69 Å². The van der Waals surface area contributed by atoms with Crippen LogP contribution in [0.25, 0.3) is 0 Å². The lowest BCUT2D eigenvalue weighted by atomic mass is 10.2. The minimum absolute atomic E-state index is 0.618. The number of hydrogen-bond acceptors (Lipinski definition) is 4. The SMILES string of the molecule is CCCN1CCN(Cc2cccc(N)n2)CC1. The first-order chi connectivity index (χ1) is 8.28. The minimum Gasteiger partial charge on any atom is -0.384 e. The molecule has 4 heteroatoms. The summed E-state index contributed by atoms with van der Waals surface area (Å²) < 4.78 is 0. The van der Waals surface area contributed by atoms with Crippen molar-refractivity contribution < 1.29 is 0 Å². The molecule has 0 saturated carbocycles. The molecule has 1 aliphatic rings. The van der Waals surface area contributed by atoms with Gasteiger partial charge in [0.2, 0.25) is 0 Å². The summed E-state index contributed by atoms with van der Waals surface area (Å²) in [5, 5.41) is 0. The maximum absolute atomic E-state index is 5.69. The van der Waals surface area contributed by atoms with Crippen molar-refractivity contribution >= 4 is 5.82 Å². The van der Waals surface area contributed by atoms with Crippen LogP contribution < -0.4 is 5.73 Å². The van der Waals surface area contributed by atoms with E-state index in [0.29, 0.717) is 5.82 Å². The fourth-order valence-electron chi connectivity index (χ4n) is 2.30. The van der Waals surface area contributed by atoms with E-state index in [1.807, 2.05) is 12.1 Å². The zero-order valence-corrected chi connectivity index (χ0v) is 10.6. The Morgan fingerprint density at radius 3 is 2.53 bits per heavy atom. The zero-order chi connectivity index (χ0) is 12.1. The molecule has 1 fully saturated rings. The van der Waals surface area contributed by atoms with Gasteiger partial charge in [-0.15, -0.1) is 0 Å². The van der Waals surface area contributed by atoms with Crippen molar-refractivity contribution in [1.29, 1.82) is 0 Å². The monoisotopic (exact) mass is 234 g/mol. The second-order valence-electron chi connectivity index (χ2n) is 4.67. The van der Waals surface area contributed by atoms with E-state index in [2.05, 4.69) is 27.8 Å². The Labute approximate surface area is 103 Å². The number of anilines is 1. The first-order valence-corrected chi connectivity index (χ1v) is 6.44. The lowest BCUT2D eigenvalue weighted by Gasteiger charge is -2.34. The Morgan fingerprint density at radius 2 is 1.88 bits per heavy atom. The Kier molecular flexibility index (Phi) is 4.34. The van der Waals surface area contributed by atoms with E-state index in [9.17, 15) is 0 Å². The Balaban J connectivity index is 1.82. The highest BCUT2D eigenvalue weighted by atomic mass is 15.3. The molecule has 0 aromatic carbocycles. The Bertz CT molecular complexity index is 345. The van der Waals surface area contributed by atoms with Crippen molar-refractivity contribution in [3.05, 3.63) is 23.9 Å². The zero-order valence-electron chi connectivity index (χ0n) is 10.6.